The van der Waals surface area contributed by atoms with Crippen LogP contribution in [0.4, 0.5) is 10.2 Å². The zero-order valence-corrected chi connectivity index (χ0v) is 11.8. The van der Waals surface area contributed by atoms with Crippen LogP contribution in [0.2, 0.25) is 5.02 Å². The molecule has 0 saturated carbocycles. The number of fused-ring (bicyclic) bond motifs is 1. The van der Waals surface area contributed by atoms with Crippen molar-refractivity contribution in [3.8, 4) is 0 Å². The third-order valence-corrected chi connectivity index (χ3v) is 3.83. The fourth-order valence-electron chi connectivity index (χ4n) is 2.76. The average molecular weight is 294 g/mol. The Hall–Kier alpha value is -1.88. The van der Waals surface area contributed by atoms with Gasteiger partial charge in [-0.3, -0.25) is 9.48 Å². The average Bonchev–Trinajstić information content (AvgIpc) is 2.67. The van der Waals surface area contributed by atoms with Gasteiger partial charge in [0.25, 0.3) is 0 Å². The second-order valence-corrected chi connectivity index (χ2v) is 5.38. The van der Waals surface area contributed by atoms with Gasteiger partial charge in [-0.2, -0.15) is 5.10 Å². The lowest BCUT2D eigenvalue weighted by Crippen LogP contribution is -2.25. The topological polar surface area (TPSA) is 46.9 Å². The van der Waals surface area contributed by atoms with Gasteiger partial charge in [0, 0.05) is 30.0 Å². The summed E-state index contributed by atoms with van der Waals surface area (Å²) in [5.41, 5.74) is 2.07. The molecule has 1 aliphatic rings. The van der Waals surface area contributed by atoms with E-state index in [2.05, 4.69) is 10.4 Å². The molecule has 4 nitrogen and oxygen atoms in total. The van der Waals surface area contributed by atoms with Gasteiger partial charge in [-0.05, 0) is 30.7 Å². The Labute approximate surface area is 120 Å². The molecular weight excluding hydrogens is 281 g/mol. The summed E-state index contributed by atoms with van der Waals surface area (Å²) in [5.74, 6) is -0.234. The van der Waals surface area contributed by atoms with Crippen molar-refractivity contribution in [3.05, 3.63) is 45.9 Å². The zero-order chi connectivity index (χ0) is 14.4. The van der Waals surface area contributed by atoms with Crippen LogP contribution in [0.3, 0.4) is 0 Å². The predicted octanol–water partition coefficient (Wildman–Crippen LogP) is 3.00. The molecule has 2 heterocycles. The molecule has 6 heteroatoms. The van der Waals surface area contributed by atoms with Gasteiger partial charge < -0.3 is 5.32 Å². The lowest BCUT2D eigenvalue weighted by molar-refractivity contribution is -0.116. The Morgan fingerprint density at radius 2 is 2.25 bits per heavy atom. The maximum Gasteiger partial charge on any atom is 0.226 e. The summed E-state index contributed by atoms with van der Waals surface area (Å²) in [7, 11) is 1.75. The summed E-state index contributed by atoms with van der Waals surface area (Å²) in [6.45, 7) is 1.85. The third-order valence-electron chi connectivity index (χ3n) is 3.60. The molecule has 2 aromatic rings. The van der Waals surface area contributed by atoms with Crippen LogP contribution in [0, 0.1) is 12.7 Å². The number of hydrogen-bond acceptors (Lipinski definition) is 2. The summed E-state index contributed by atoms with van der Waals surface area (Å²) in [6.07, 6.45) is 0.191. The Morgan fingerprint density at radius 1 is 1.50 bits per heavy atom. The van der Waals surface area contributed by atoms with E-state index in [1.807, 2.05) is 6.92 Å². The lowest BCUT2D eigenvalue weighted by atomic mass is 9.85. The lowest BCUT2D eigenvalue weighted by Gasteiger charge is -2.24. The number of amides is 1. The second kappa shape index (κ2) is 4.59. The highest BCUT2D eigenvalue weighted by atomic mass is 35.5. The number of nitrogens with zero attached hydrogens (tertiary/aromatic N) is 2. The predicted molar refractivity (Wildman–Crippen MR) is 74.4 cm³/mol. The maximum absolute atomic E-state index is 14.1. The normalized spacial score (nSPS) is 17.8. The van der Waals surface area contributed by atoms with Crippen molar-refractivity contribution in [1.29, 1.82) is 0 Å². The number of rotatable bonds is 1. The summed E-state index contributed by atoms with van der Waals surface area (Å²) in [4.78, 5) is 11.9. The summed E-state index contributed by atoms with van der Waals surface area (Å²) < 4.78 is 15.7. The van der Waals surface area contributed by atoms with Gasteiger partial charge in [-0.1, -0.05) is 11.6 Å². The van der Waals surface area contributed by atoms with E-state index in [1.54, 1.807) is 17.8 Å². The van der Waals surface area contributed by atoms with Crippen molar-refractivity contribution < 1.29 is 9.18 Å². The van der Waals surface area contributed by atoms with Gasteiger partial charge in [-0.25, -0.2) is 4.39 Å². The Morgan fingerprint density at radius 3 is 3.00 bits per heavy atom. The highest BCUT2D eigenvalue weighted by molar-refractivity contribution is 6.30. The fourth-order valence-corrected chi connectivity index (χ4v) is 2.94. The molecule has 0 saturated heterocycles. The van der Waals surface area contributed by atoms with E-state index < -0.39 is 0 Å². The van der Waals surface area contributed by atoms with E-state index in [0.717, 1.165) is 11.3 Å². The highest BCUT2D eigenvalue weighted by Gasteiger charge is 2.33. The van der Waals surface area contributed by atoms with E-state index in [9.17, 15) is 9.18 Å². The van der Waals surface area contributed by atoms with Gasteiger partial charge in [0.15, 0.2) is 0 Å². The van der Waals surface area contributed by atoms with Crippen molar-refractivity contribution >= 4 is 23.3 Å². The molecular formula is C14H13ClFN3O. The molecule has 0 fully saturated rings. The van der Waals surface area contributed by atoms with Crippen molar-refractivity contribution in [3.63, 3.8) is 0 Å². The van der Waals surface area contributed by atoms with E-state index in [-0.39, 0.29) is 24.1 Å². The van der Waals surface area contributed by atoms with E-state index >= 15 is 0 Å². The second-order valence-electron chi connectivity index (χ2n) is 4.94. The van der Waals surface area contributed by atoms with Gasteiger partial charge >= 0.3 is 0 Å². The number of aryl methyl sites for hydroxylation is 2. The van der Waals surface area contributed by atoms with Crippen LogP contribution >= 0.6 is 11.6 Å². The molecule has 1 aliphatic heterocycles. The molecule has 0 aliphatic carbocycles. The van der Waals surface area contributed by atoms with E-state index in [1.165, 1.54) is 12.1 Å². The molecule has 1 N–H and O–H groups in total. The largest absolute Gasteiger partial charge is 0.311 e. The molecule has 1 unspecified atom stereocenters. The van der Waals surface area contributed by atoms with Crippen LogP contribution in [-0.4, -0.2) is 15.7 Å². The smallest absolute Gasteiger partial charge is 0.226 e. The maximum atomic E-state index is 14.1. The SMILES string of the molecule is Cc1nn(C)c2c1C(c1cc(Cl)ccc1F)CC(=O)N2. The number of carbonyl (C=O) groups excluding carboxylic acids is 1. The standard InChI is InChI=1S/C14H13ClFN3O/c1-7-13-10(9-5-8(15)3-4-11(9)16)6-12(20)17-14(13)19(2)18-7/h3-5,10H,6H2,1-2H3,(H,17,20). The van der Waals surface area contributed by atoms with Crippen molar-refractivity contribution in [2.24, 2.45) is 7.05 Å². The van der Waals surface area contributed by atoms with Crippen LogP contribution < -0.4 is 5.32 Å². The number of halogens is 2. The van der Waals surface area contributed by atoms with Gasteiger partial charge in [0.1, 0.15) is 11.6 Å². The monoisotopic (exact) mass is 293 g/mol. The molecule has 1 amide bonds. The molecule has 0 radical (unpaired) electrons. The Bertz CT molecular complexity index is 711. The third kappa shape index (κ3) is 1.98. The first-order chi connectivity index (χ1) is 9.47. The molecule has 104 valence electrons. The van der Waals surface area contributed by atoms with Crippen molar-refractivity contribution in [2.75, 3.05) is 5.32 Å². The number of nitrogens with one attached hydrogen (secondary N) is 1. The number of carbonyl (C=O) groups is 1. The van der Waals surface area contributed by atoms with Crippen molar-refractivity contribution in [2.45, 2.75) is 19.3 Å². The fraction of sp³-hybridized carbons (Fsp3) is 0.286. The van der Waals surface area contributed by atoms with Gasteiger partial charge in [-0.15, -0.1) is 0 Å². The number of anilines is 1. The minimum absolute atomic E-state index is 0.148. The molecule has 1 aromatic carbocycles. The Kier molecular flexibility index (Phi) is 3.01. The van der Waals surface area contributed by atoms with Gasteiger partial charge in [0.05, 0.1) is 5.69 Å². The first-order valence-corrected chi connectivity index (χ1v) is 6.63. The molecule has 1 aromatic heterocycles. The Balaban J connectivity index is 2.20. The molecule has 3 rings (SSSR count). The molecule has 1 atom stereocenters. The van der Waals surface area contributed by atoms with E-state index in [0.29, 0.717) is 16.4 Å². The van der Waals surface area contributed by atoms with Crippen LogP contribution in [0.5, 0.6) is 0 Å². The molecule has 0 bridgehead atoms. The quantitative estimate of drug-likeness (QED) is 0.878. The summed E-state index contributed by atoms with van der Waals surface area (Å²) in [6, 6.07) is 4.41. The van der Waals surface area contributed by atoms with Crippen molar-refractivity contribution in [1.82, 2.24) is 9.78 Å². The van der Waals surface area contributed by atoms with Crippen LogP contribution in [0.25, 0.3) is 0 Å². The number of aromatic nitrogens is 2. The van der Waals surface area contributed by atoms with E-state index in [4.69, 9.17) is 11.6 Å². The number of benzene rings is 1. The van der Waals surface area contributed by atoms with Gasteiger partial charge in [0.2, 0.25) is 5.91 Å². The minimum Gasteiger partial charge on any atom is -0.311 e. The summed E-state index contributed by atoms with van der Waals surface area (Å²) in [5, 5.41) is 7.54. The first kappa shape index (κ1) is 13.1. The highest BCUT2D eigenvalue weighted by Crippen LogP contribution is 2.40. The molecule has 0 spiro atoms. The summed E-state index contributed by atoms with van der Waals surface area (Å²) >= 11 is 5.96. The first-order valence-electron chi connectivity index (χ1n) is 6.25. The molecule has 20 heavy (non-hydrogen) atoms. The van der Waals surface area contributed by atoms with Crippen LogP contribution in [0.1, 0.15) is 29.2 Å². The minimum atomic E-state index is -0.358. The van der Waals surface area contributed by atoms with Crippen LogP contribution in [-0.2, 0) is 11.8 Å². The zero-order valence-electron chi connectivity index (χ0n) is 11.1. The number of hydrogen-bond donors (Lipinski definition) is 1. The van der Waals surface area contributed by atoms with Crippen LogP contribution in [0.15, 0.2) is 18.2 Å².